The highest BCUT2D eigenvalue weighted by Crippen LogP contribution is 2.40. The van der Waals surface area contributed by atoms with Crippen molar-refractivity contribution < 1.29 is 29.4 Å². The van der Waals surface area contributed by atoms with E-state index in [4.69, 9.17) is 14.7 Å². The largest absolute Gasteiger partial charge is 0.392 e. The van der Waals surface area contributed by atoms with E-state index in [1.165, 1.54) is 0 Å². The molecular weight excluding hydrogens is 604 g/mol. The van der Waals surface area contributed by atoms with Crippen molar-refractivity contribution in [1.29, 1.82) is 0 Å². The molecule has 1 aromatic heterocycles. The summed E-state index contributed by atoms with van der Waals surface area (Å²) >= 11 is 1.66. The lowest BCUT2D eigenvalue weighted by molar-refractivity contribution is -0.245. The van der Waals surface area contributed by atoms with Crippen LogP contribution < -0.4 is 10.8 Å². The second-order valence-electron chi connectivity index (χ2n) is 11.3. The molecule has 0 unspecified atom stereocenters. The summed E-state index contributed by atoms with van der Waals surface area (Å²) in [6.45, 7) is 0.380. The molecule has 0 spiro atoms. The number of nitrogens with one attached hydrogen (secondary N) is 2. The number of nitrogens with zero attached hydrogens (tertiary/aromatic N) is 2. The number of imidazole rings is 1. The lowest BCUT2D eigenvalue weighted by Crippen LogP contribution is -2.31. The Morgan fingerprint density at radius 1 is 0.957 bits per heavy atom. The third kappa shape index (κ3) is 9.05. The van der Waals surface area contributed by atoms with Crippen LogP contribution in [0.3, 0.4) is 0 Å². The van der Waals surface area contributed by atoms with Gasteiger partial charge in [-0.05, 0) is 40.7 Å². The summed E-state index contributed by atoms with van der Waals surface area (Å²) < 4.78 is 15.0. The Balaban J connectivity index is 1.26. The van der Waals surface area contributed by atoms with Crippen molar-refractivity contribution in [3.8, 4) is 11.1 Å². The number of hydrogen-bond donors (Lipinski definition) is 4. The monoisotopic (exact) mass is 644 g/mol. The zero-order valence-electron chi connectivity index (χ0n) is 25.8. The predicted octanol–water partition coefficient (Wildman–Crippen LogP) is 5.60. The van der Waals surface area contributed by atoms with Crippen molar-refractivity contribution in [3.63, 3.8) is 0 Å². The summed E-state index contributed by atoms with van der Waals surface area (Å²) in [5.74, 6) is 0.192. The van der Waals surface area contributed by atoms with Crippen LogP contribution in [-0.2, 0) is 39.3 Å². The number of benzene rings is 3. The average Bonchev–Trinajstić information content (AvgIpc) is 3.52. The molecular formula is C35H40N4O6S. The van der Waals surface area contributed by atoms with Gasteiger partial charge in [-0.2, -0.15) is 0 Å². The number of aromatic nitrogens is 2. The Kier molecular flexibility index (Phi) is 12.0. The fourth-order valence-corrected chi connectivity index (χ4v) is 6.32. The Morgan fingerprint density at radius 2 is 1.67 bits per heavy atom. The summed E-state index contributed by atoms with van der Waals surface area (Å²) in [6, 6.07) is 24.0. The second-order valence-corrected chi connectivity index (χ2v) is 12.3. The molecule has 0 aliphatic carbocycles. The molecule has 4 aromatic rings. The second kappa shape index (κ2) is 16.5. The van der Waals surface area contributed by atoms with Gasteiger partial charge in [0.15, 0.2) is 11.4 Å². The van der Waals surface area contributed by atoms with Crippen LogP contribution in [0.25, 0.3) is 11.1 Å². The molecule has 4 N–H and O–H groups in total. The number of carbonyl (C=O) groups is 2. The van der Waals surface area contributed by atoms with Crippen molar-refractivity contribution in [2.45, 2.75) is 68.9 Å². The number of hydrogen-bond acceptors (Lipinski definition) is 8. The molecule has 3 atom stereocenters. The number of carbonyl (C=O) groups excluding carboxylic acids is 2. The molecule has 1 saturated heterocycles. The number of amides is 2. The Bertz CT molecular complexity index is 1580. The van der Waals surface area contributed by atoms with Crippen LogP contribution in [0.15, 0.2) is 90.3 Å². The van der Waals surface area contributed by atoms with Crippen molar-refractivity contribution in [1.82, 2.24) is 20.3 Å². The molecule has 0 saturated carbocycles. The van der Waals surface area contributed by atoms with Crippen molar-refractivity contribution in [2.24, 2.45) is 7.05 Å². The first-order chi connectivity index (χ1) is 22.4. The standard InChI is InChI=1S/C35H40N4O6S/c1-39-19-18-36-35(39)46-23-29-20-31(26-12-10-24(22-40)11-13-26)45-34(44-29)27-16-14-25(15-17-27)30-7-3-2-6-28(30)21-37-32(41)8-4-5-9-33(42)38-43/h2-3,6-7,10-19,29,31,34,40,43H,4-5,8-9,20-23H2,1H3,(H,37,41)(H,38,42)/t29-,31+,34+/m1/s1. The maximum atomic E-state index is 12.4. The number of aliphatic hydroxyl groups excluding tert-OH is 1. The third-order valence-electron chi connectivity index (χ3n) is 7.96. The van der Waals surface area contributed by atoms with E-state index in [1.54, 1.807) is 23.4 Å². The minimum Gasteiger partial charge on any atom is -0.392 e. The van der Waals surface area contributed by atoms with Gasteiger partial charge in [0, 0.05) is 56.6 Å². The van der Waals surface area contributed by atoms with Gasteiger partial charge in [-0.15, -0.1) is 0 Å². The number of hydroxylamine groups is 1. The summed E-state index contributed by atoms with van der Waals surface area (Å²) in [6.07, 6.45) is 5.20. The molecule has 3 aromatic carbocycles. The molecule has 11 heteroatoms. The van der Waals surface area contributed by atoms with Gasteiger partial charge in [0.2, 0.25) is 11.8 Å². The van der Waals surface area contributed by atoms with E-state index in [1.807, 2.05) is 90.6 Å². The molecule has 10 nitrogen and oxygen atoms in total. The molecule has 1 fully saturated rings. The summed E-state index contributed by atoms with van der Waals surface area (Å²) in [7, 11) is 1.98. The molecule has 1 aliphatic rings. The Hall–Kier alpha value is -4.00. The van der Waals surface area contributed by atoms with Crippen LogP contribution >= 0.6 is 11.8 Å². The van der Waals surface area contributed by atoms with Crippen LogP contribution in [0.2, 0.25) is 0 Å². The average molecular weight is 645 g/mol. The van der Waals surface area contributed by atoms with Crippen LogP contribution in [0.1, 0.15) is 66.8 Å². The quantitative estimate of drug-likeness (QED) is 0.0603. The van der Waals surface area contributed by atoms with E-state index in [9.17, 15) is 14.7 Å². The predicted molar refractivity (Wildman–Crippen MR) is 174 cm³/mol. The van der Waals surface area contributed by atoms with E-state index >= 15 is 0 Å². The Labute approximate surface area is 273 Å². The normalized spacial score (nSPS) is 17.8. The summed E-state index contributed by atoms with van der Waals surface area (Å²) in [5, 5.41) is 22.0. The molecule has 5 rings (SSSR count). The van der Waals surface area contributed by atoms with E-state index in [0.717, 1.165) is 44.3 Å². The van der Waals surface area contributed by atoms with Gasteiger partial charge < -0.3 is 24.5 Å². The van der Waals surface area contributed by atoms with E-state index in [-0.39, 0.29) is 31.1 Å². The van der Waals surface area contributed by atoms with Gasteiger partial charge in [-0.3, -0.25) is 14.8 Å². The molecule has 0 radical (unpaired) electrons. The molecule has 46 heavy (non-hydrogen) atoms. The van der Waals surface area contributed by atoms with Crippen molar-refractivity contribution >= 4 is 23.6 Å². The van der Waals surface area contributed by atoms with Crippen molar-refractivity contribution in [2.75, 3.05) is 5.75 Å². The first-order valence-electron chi connectivity index (χ1n) is 15.4. The SMILES string of the molecule is Cn1ccnc1SC[C@H]1C[C@@H](c2ccc(CO)cc2)O[C@@H](c2ccc(-c3ccccc3CNC(=O)CCCCC(=O)NO)cc2)O1. The minimum absolute atomic E-state index is 0.00426. The molecule has 2 amide bonds. The molecule has 1 aliphatic heterocycles. The van der Waals surface area contributed by atoms with Crippen molar-refractivity contribution in [3.05, 3.63) is 107 Å². The smallest absolute Gasteiger partial charge is 0.243 e. The van der Waals surface area contributed by atoms with Crippen LogP contribution in [0.5, 0.6) is 0 Å². The maximum Gasteiger partial charge on any atom is 0.243 e. The summed E-state index contributed by atoms with van der Waals surface area (Å²) in [5.41, 5.74) is 7.44. The lowest BCUT2D eigenvalue weighted by Gasteiger charge is -2.36. The molecule has 2 heterocycles. The van der Waals surface area contributed by atoms with E-state index in [0.29, 0.717) is 32.2 Å². The van der Waals surface area contributed by atoms with Gasteiger partial charge >= 0.3 is 0 Å². The topological polar surface area (TPSA) is 135 Å². The number of unbranched alkanes of at least 4 members (excludes halogenated alkanes) is 1. The number of thioether (sulfide) groups is 1. The van der Waals surface area contributed by atoms with Crippen LogP contribution in [-0.4, -0.2) is 43.5 Å². The van der Waals surface area contributed by atoms with Crippen LogP contribution in [0, 0.1) is 0 Å². The fourth-order valence-electron chi connectivity index (χ4n) is 5.37. The zero-order chi connectivity index (χ0) is 32.3. The highest BCUT2D eigenvalue weighted by molar-refractivity contribution is 7.99. The van der Waals surface area contributed by atoms with Gasteiger partial charge in [0.1, 0.15) is 0 Å². The van der Waals surface area contributed by atoms with Gasteiger partial charge in [0.05, 0.1) is 18.8 Å². The summed E-state index contributed by atoms with van der Waals surface area (Å²) in [4.78, 5) is 28.0. The maximum absolute atomic E-state index is 12.4. The van der Waals surface area contributed by atoms with E-state index < -0.39 is 12.2 Å². The fraction of sp³-hybridized carbons (Fsp3) is 0.343. The minimum atomic E-state index is -0.560. The third-order valence-corrected chi connectivity index (χ3v) is 9.15. The van der Waals surface area contributed by atoms with Gasteiger partial charge in [-0.1, -0.05) is 84.6 Å². The van der Waals surface area contributed by atoms with Crippen LogP contribution in [0.4, 0.5) is 0 Å². The highest BCUT2D eigenvalue weighted by atomic mass is 32.2. The zero-order valence-corrected chi connectivity index (χ0v) is 26.6. The van der Waals surface area contributed by atoms with Gasteiger partial charge in [0.25, 0.3) is 0 Å². The van der Waals surface area contributed by atoms with Gasteiger partial charge in [-0.25, -0.2) is 10.5 Å². The Morgan fingerprint density at radius 3 is 2.37 bits per heavy atom. The number of aryl methyl sites for hydroxylation is 1. The number of aliphatic hydroxyl groups is 1. The first kappa shape index (κ1) is 33.4. The molecule has 242 valence electrons. The first-order valence-corrected chi connectivity index (χ1v) is 16.4. The van der Waals surface area contributed by atoms with E-state index in [2.05, 4.69) is 10.3 Å². The number of rotatable bonds is 14. The lowest BCUT2D eigenvalue weighted by atomic mass is 9.97. The number of ether oxygens (including phenoxy) is 2. The molecule has 0 bridgehead atoms. The highest BCUT2D eigenvalue weighted by Gasteiger charge is 2.32.